The summed E-state index contributed by atoms with van der Waals surface area (Å²) in [4.78, 5) is 21.4. The van der Waals surface area contributed by atoms with Crippen LogP contribution in [0.1, 0.15) is 39.8 Å². The van der Waals surface area contributed by atoms with Crippen LogP contribution in [0.15, 0.2) is 18.3 Å². The average Bonchev–Trinajstić information content (AvgIpc) is 2.55. The maximum Gasteiger partial charge on any atom is 0.158 e. The molecular weight excluding hydrogens is 305 g/mol. The van der Waals surface area contributed by atoms with E-state index in [1.165, 1.54) is 18.7 Å². The highest BCUT2D eigenvalue weighted by Crippen LogP contribution is 2.21. The molecule has 1 aromatic heterocycles. The topological polar surface area (TPSA) is 36.4 Å². The molecule has 1 saturated heterocycles. The molecule has 1 fully saturated rings. The van der Waals surface area contributed by atoms with Gasteiger partial charge in [-0.05, 0) is 44.9 Å². The van der Waals surface area contributed by atoms with Gasteiger partial charge in [0.2, 0.25) is 0 Å². The molecule has 0 atom stereocenters. The fourth-order valence-electron chi connectivity index (χ4n) is 3.06. The molecule has 0 amide bonds. The summed E-state index contributed by atoms with van der Waals surface area (Å²) in [5.41, 5.74) is -0.347. The highest BCUT2D eigenvalue weighted by Gasteiger charge is 2.36. The van der Waals surface area contributed by atoms with Crippen molar-refractivity contribution in [3.8, 4) is 0 Å². The lowest BCUT2D eigenvalue weighted by atomic mass is 9.92. The third kappa shape index (κ3) is 4.84. The van der Waals surface area contributed by atoms with Crippen molar-refractivity contribution < 1.29 is 9.18 Å². The van der Waals surface area contributed by atoms with Gasteiger partial charge in [-0.2, -0.15) is 0 Å². The molecule has 4 nitrogen and oxygen atoms in total. The van der Waals surface area contributed by atoms with Gasteiger partial charge in [0, 0.05) is 32.4 Å². The normalized spacial score (nSPS) is 17.4. The van der Waals surface area contributed by atoms with Gasteiger partial charge in [-0.15, -0.1) is 0 Å². The number of halogens is 1. The van der Waals surface area contributed by atoms with Crippen molar-refractivity contribution in [2.45, 2.75) is 46.1 Å². The molecule has 0 unspecified atom stereocenters. The smallest absolute Gasteiger partial charge is 0.158 e. The van der Waals surface area contributed by atoms with E-state index >= 15 is 0 Å². The van der Waals surface area contributed by atoms with Crippen LogP contribution in [0.25, 0.3) is 0 Å². The summed E-state index contributed by atoms with van der Waals surface area (Å²) in [6.07, 6.45) is 2.79. The van der Waals surface area contributed by atoms with Gasteiger partial charge in [0.25, 0.3) is 0 Å². The molecule has 2 heterocycles. The summed E-state index contributed by atoms with van der Waals surface area (Å²) in [6, 6.07) is 2.90. The number of Topliss-reactive ketones (excluding diaryl/α,β-unsaturated/α-hetero) is 1. The average molecular weight is 335 g/mol. The van der Waals surface area contributed by atoms with E-state index in [9.17, 15) is 9.18 Å². The van der Waals surface area contributed by atoms with Crippen molar-refractivity contribution >= 4 is 5.78 Å². The zero-order chi connectivity index (χ0) is 17.7. The zero-order valence-electron chi connectivity index (χ0n) is 15.4. The molecule has 1 aromatic rings. The quantitative estimate of drug-likeness (QED) is 0.768. The number of piperazine rings is 1. The molecule has 0 N–H and O–H groups in total. The van der Waals surface area contributed by atoms with Crippen molar-refractivity contribution in [3.05, 3.63) is 29.8 Å². The molecule has 1 aliphatic rings. The van der Waals surface area contributed by atoms with E-state index in [0.29, 0.717) is 5.92 Å². The molecule has 0 aromatic carbocycles. The highest BCUT2D eigenvalue weighted by molar-refractivity contribution is 5.89. The predicted octanol–water partition coefficient (Wildman–Crippen LogP) is 2.77. The monoisotopic (exact) mass is 335 g/mol. The summed E-state index contributed by atoms with van der Waals surface area (Å²) in [7, 11) is 0. The molecule has 0 spiro atoms. The SMILES string of the molecule is CC(C)CCN1CCN(C(C)(C)C(=O)Cc2ncccc2F)CC1. The zero-order valence-corrected chi connectivity index (χ0v) is 15.4. The Hall–Kier alpha value is -1.33. The summed E-state index contributed by atoms with van der Waals surface area (Å²) in [6.45, 7) is 13.2. The molecular formula is C19H30FN3O. The lowest BCUT2D eigenvalue weighted by Crippen LogP contribution is -2.58. The maximum absolute atomic E-state index is 13.7. The van der Waals surface area contributed by atoms with Crippen molar-refractivity contribution in [3.63, 3.8) is 0 Å². The number of rotatable bonds is 7. The van der Waals surface area contributed by atoms with Crippen molar-refractivity contribution in [2.75, 3.05) is 32.7 Å². The van der Waals surface area contributed by atoms with E-state index < -0.39 is 11.4 Å². The number of nitrogens with zero attached hydrogens (tertiary/aromatic N) is 3. The number of carbonyl (C=O) groups excluding carboxylic acids is 1. The van der Waals surface area contributed by atoms with E-state index in [4.69, 9.17) is 0 Å². The largest absolute Gasteiger partial charge is 0.301 e. The number of aromatic nitrogens is 1. The van der Waals surface area contributed by atoms with Crippen LogP contribution in [0.5, 0.6) is 0 Å². The second-order valence-electron chi connectivity index (χ2n) is 7.60. The highest BCUT2D eigenvalue weighted by atomic mass is 19.1. The number of hydrogen-bond donors (Lipinski definition) is 0. The third-order valence-corrected chi connectivity index (χ3v) is 5.03. The third-order valence-electron chi connectivity index (χ3n) is 5.03. The first-order valence-electron chi connectivity index (χ1n) is 8.91. The molecule has 0 aliphatic carbocycles. The summed E-state index contributed by atoms with van der Waals surface area (Å²) in [5.74, 6) is 0.338. The molecule has 1 aliphatic heterocycles. The fraction of sp³-hybridized carbons (Fsp3) is 0.684. The van der Waals surface area contributed by atoms with Crippen LogP contribution in [-0.2, 0) is 11.2 Å². The Morgan fingerprint density at radius 3 is 2.54 bits per heavy atom. The second kappa shape index (κ2) is 8.17. The van der Waals surface area contributed by atoms with Crippen LogP contribution in [0, 0.1) is 11.7 Å². The molecule has 0 radical (unpaired) electrons. The lowest BCUT2D eigenvalue weighted by Gasteiger charge is -2.43. The van der Waals surface area contributed by atoms with Gasteiger partial charge in [0.1, 0.15) is 5.82 Å². The first kappa shape index (κ1) is 19.0. The van der Waals surface area contributed by atoms with Gasteiger partial charge < -0.3 is 4.90 Å². The second-order valence-corrected chi connectivity index (χ2v) is 7.60. The molecule has 134 valence electrons. The van der Waals surface area contributed by atoms with Gasteiger partial charge in [0.15, 0.2) is 5.78 Å². The summed E-state index contributed by atoms with van der Waals surface area (Å²) < 4.78 is 13.7. The summed E-state index contributed by atoms with van der Waals surface area (Å²) >= 11 is 0. The Kier molecular flexibility index (Phi) is 6.47. The Morgan fingerprint density at radius 2 is 1.96 bits per heavy atom. The van der Waals surface area contributed by atoms with Crippen molar-refractivity contribution in [1.29, 1.82) is 0 Å². The number of pyridine rings is 1. The van der Waals surface area contributed by atoms with Crippen LogP contribution < -0.4 is 0 Å². The minimum atomic E-state index is -0.589. The Bertz CT molecular complexity index is 551. The number of carbonyl (C=O) groups is 1. The maximum atomic E-state index is 13.7. The van der Waals surface area contributed by atoms with E-state index in [1.807, 2.05) is 13.8 Å². The Balaban J connectivity index is 1.91. The predicted molar refractivity (Wildman–Crippen MR) is 94.5 cm³/mol. The van der Waals surface area contributed by atoms with Crippen molar-refractivity contribution in [1.82, 2.24) is 14.8 Å². The van der Waals surface area contributed by atoms with Crippen LogP contribution in [-0.4, -0.2) is 58.8 Å². The minimum Gasteiger partial charge on any atom is -0.301 e. The fourth-order valence-corrected chi connectivity index (χ4v) is 3.06. The molecule has 2 rings (SSSR count). The number of hydrogen-bond acceptors (Lipinski definition) is 4. The van der Waals surface area contributed by atoms with Gasteiger partial charge in [0.05, 0.1) is 17.7 Å². The van der Waals surface area contributed by atoms with E-state index in [-0.39, 0.29) is 17.9 Å². The van der Waals surface area contributed by atoms with Gasteiger partial charge in [-0.25, -0.2) is 4.39 Å². The van der Waals surface area contributed by atoms with Crippen LogP contribution >= 0.6 is 0 Å². The Labute approximate surface area is 145 Å². The first-order valence-corrected chi connectivity index (χ1v) is 8.91. The van der Waals surface area contributed by atoms with Crippen molar-refractivity contribution in [2.24, 2.45) is 5.92 Å². The van der Waals surface area contributed by atoms with E-state index in [1.54, 1.807) is 6.07 Å². The van der Waals surface area contributed by atoms with Gasteiger partial charge in [-0.3, -0.25) is 14.7 Å². The Morgan fingerprint density at radius 1 is 1.29 bits per heavy atom. The van der Waals surface area contributed by atoms with Crippen LogP contribution in [0.3, 0.4) is 0 Å². The molecule has 0 bridgehead atoms. The molecule has 0 saturated carbocycles. The van der Waals surface area contributed by atoms with Gasteiger partial charge >= 0.3 is 0 Å². The molecule has 24 heavy (non-hydrogen) atoms. The number of ketones is 1. The summed E-state index contributed by atoms with van der Waals surface area (Å²) in [5, 5.41) is 0. The van der Waals surface area contributed by atoms with Gasteiger partial charge in [-0.1, -0.05) is 13.8 Å². The molecule has 5 heteroatoms. The van der Waals surface area contributed by atoms with Crippen LogP contribution in [0.4, 0.5) is 4.39 Å². The minimum absolute atomic E-state index is 0.0238. The standard InChI is InChI=1S/C19H30FN3O/c1-15(2)7-9-22-10-12-23(13-11-22)19(3,4)18(24)14-17-16(20)6-5-8-21-17/h5-6,8,15H,7,9-14H2,1-4H3. The lowest BCUT2D eigenvalue weighted by molar-refractivity contribution is -0.130. The van der Waals surface area contributed by atoms with Crippen LogP contribution in [0.2, 0.25) is 0 Å². The first-order chi connectivity index (χ1) is 11.3. The van der Waals surface area contributed by atoms with E-state index in [2.05, 4.69) is 28.6 Å². The van der Waals surface area contributed by atoms with E-state index in [0.717, 1.165) is 32.7 Å².